The van der Waals surface area contributed by atoms with E-state index in [9.17, 15) is 9.59 Å². The van der Waals surface area contributed by atoms with Gasteiger partial charge < -0.3 is 4.90 Å². The minimum atomic E-state index is 0.141. The van der Waals surface area contributed by atoms with Crippen molar-refractivity contribution in [2.24, 2.45) is 0 Å². The SMILES string of the molecule is Cc1cc(C)c(CC(=O)N2CCC(=O)CC2)c(C)c1. The topological polar surface area (TPSA) is 37.4 Å². The van der Waals surface area contributed by atoms with Gasteiger partial charge in [0, 0.05) is 25.9 Å². The number of carbonyl (C=O) groups excluding carboxylic acids is 2. The average Bonchev–Trinajstić information content (AvgIpc) is 2.34. The van der Waals surface area contributed by atoms with E-state index in [0.29, 0.717) is 32.4 Å². The summed E-state index contributed by atoms with van der Waals surface area (Å²) in [6.45, 7) is 7.36. The zero-order chi connectivity index (χ0) is 14.0. The molecule has 3 heteroatoms. The van der Waals surface area contributed by atoms with Crippen LogP contribution in [-0.4, -0.2) is 29.7 Å². The number of Topliss-reactive ketones (excluding diaryl/α,β-unsaturated/α-hetero) is 1. The maximum atomic E-state index is 12.3. The van der Waals surface area contributed by atoms with Gasteiger partial charge in [0.15, 0.2) is 0 Å². The lowest BCUT2D eigenvalue weighted by atomic mass is 9.96. The molecule has 1 aliphatic rings. The molecule has 1 amide bonds. The third-order valence-electron chi connectivity index (χ3n) is 3.84. The molecule has 0 aliphatic carbocycles. The van der Waals surface area contributed by atoms with E-state index in [1.807, 2.05) is 4.90 Å². The van der Waals surface area contributed by atoms with Crippen LogP contribution in [0.3, 0.4) is 0 Å². The van der Waals surface area contributed by atoms with Gasteiger partial charge in [-0.1, -0.05) is 17.7 Å². The van der Waals surface area contributed by atoms with E-state index in [1.54, 1.807) is 0 Å². The van der Waals surface area contributed by atoms with Gasteiger partial charge in [0.2, 0.25) is 5.91 Å². The number of hydrogen-bond donors (Lipinski definition) is 0. The van der Waals surface area contributed by atoms with Gasteiger partial charge in [-0.05, 0) is 37.5 Å². The zero-order valence-corrected chi connectivity index (χ0v) is 12.0. The number of amides is 1. The van der Waals surface area contributed by atoms with Gasteiger partial charge in [-0.3, -0.25) is 9.59 Å². The zero-order valence-electron chi connectivity index (χ0n) is 12.0. The molecule has 0 unspecified atom stereocenters. The van der Waals surface area contributed by atoms with Crippen molar-refractivity contribution in [3.8, 4) is 0 Å². The van der Waals surface area contributed by atoms with Gasteiger partial charge >= 0.3 is 0 Å². The minimum Gasteiger partial charge on any atom is -0.342 e. The molecule has 1 saturated heterocycles. The number of hydrogen-bond acceptors (Lipinski definition) is 2. The van der Waals surface area contributed by atoms with Gasteiger partial charge in [-0.2, -0.15) is 0 Å². The molecular weight excluding hydrogens is 238 g/mol. The summed E-state index contributed by atoms with van der Waals surface area (Å²) in [5.74, 6) is 0.411. The van der Waals surface area contributed by atoms with E-state index < -0.39 is 0 Å². The number of nitrogens with zero attached hydrogens (tertiary/aromatic N) is 1. The number of rotatable bonds is 2. The Labute approximate surface area is 114 Å². The maximum Gasteiger partial charge on any atom is 0.227 e. The van der Waals surface area contributed by atoms with E-state index in [2.05, 4.69) is 32.9 Å². The Hall–Kier alpha value is -1.64. The molecule has 102 valence electrons. The summed E-state index contributed by atoms with van der Waals surface area (Å²) in [5.41, 5.74) is 4.72. The first-order chi connectivity index (χ1) is 8.97. The van der Waals surface area contributed by atoms with Crippen molar-refractivity contribution in [3.63, 3.8) is 0 Å². The van der Waals surface area contributed by atoms with Crippen molar-refractivity contribution in [3.05, 3.63) is 34.4 Å². The average molecular weight is 259 g/mol. The number of likely N-dealkylation sites (tertiary alicyclic amines) is 1. The second-order valence-corrected chi connectivity index (χ2v) is 5.47. The number of carbonyl (C=O) groups is 2. The second-order valence-electron chi connectivity index (χ2n) is 5.47. The lowest BCUT2D eigenvalue weighted by Crippen LogP contribution is -2.39. The molecule has 0 N–H and O–H groups in total. The number of piperidine rings is 1. The van der Waals surface area contributed by atoms with E-state index >= 15 is 0 Å². The minimum absolute atomic E-state index is 0.141. The molecule has 19 heavy (non-hydrogen) atoms. The Morgan fingerprint density at radius 2 is 1.63 bits per heavy atom. The molecule has 1 aromatic rings. The van der Waals surface area contributed by atoms with Crippen LogP contribution < -0.4 is 0 Å². The molecule has 3 nitrogen and oxygen atoms in total. The summed E-state index contributed by atoms with van der Waals surface area (Å²) in [6, 6.07) is 4.24. The van der Waals surface area contributed by atoms with E-state index in [4.69, 9.17) is 0 Å². The van der Waals surface area contributed by atoms with Crippen LogP contribution in [0.15, 0.2) is 12.1 Å². The van der Waals surface area contributed by atoms with Gasteiger partial charge in [0.25, 0.3) is 0 Å². The summed E-state index contributed by atoms with van der Waals surface area (Å²) in [4.78, 5) is 25.3. The lowest BCUT2D eigenvalue weighted by molar-refractivity contribution is -0.133. The molecule has 1 aromatic carbocycles. The Balaban J connectivity index is 2.09. The molecule has 0 aromatic heterocycles. The fourth-order valence-electron chi connectivity index (χ4n) is 2.76. The number of benzene rings is 1. The van der Waals surface area contributed by atoms with E-state index in [1.165, 1.54) is 16.7 Å². The Morgan fingerprint density at radius 1 is 1.11 bits per heavy atom. The molecule has 1 fully saturated rings. The normalized spacial score (nSPS) is 15.7. The van der Waals surface area contributed by atoms with Gasteiger partial charge in [-0.25, -0.2) is 0 Å². The van der Waals surface area contributed by atoms with Crippen molar-refractivity contribution in [2.45, 2.75) is 40.0 Å². The number of aryl methyl sites for hydroxylation is 3. The molecule has 0 bridgehead atoms. The summed E-state index contributed by atoms with van der Waals surface area (Å²) in [5, 5.41) is 0. The van der Waals surface area contributed by atoms with Crippen LogP contribution in [0.25, 0.3) is 0 Å². The fraction of sp³-hybridized carbons (Fsp3) is 0.500. The van der Waals surface area contributed by atoms with Gasteiger partial charge in [0.05, 0.1) is 6.42 Å². The van der Waals surface area contributed by atoms with Crippen molar-refractivity contribution in [1.82, 2.24) is 4.90 Å². The molecule has 1 aliphatic heterocycles. The predicted molar refractivity (Wildman–Crippen MR) is 75.2 cm³/mol. The lowest BCUT2D eigenvalue weighted by Gasteiger charge is -2.26. The molecule has 1 heterocycles. The first-order valence-electron chi connectivity index (χ1n) is 6.83. The standard InChI is InChI=1S/C16H21NO2/c1-11-8-12(2)15(13(3)9-11)10-16(19)17-6-4-14(18)5-7-17/h8-9H,4-7,10H2,1-3H3. The summed E-state index contributed by atoms with van der Waals surface area (Å²) < 4.78 is 0. The third-order valence-corrected chi connectivity index (χ3v) is 3.84. The Morgan fingerprint density at radius 3 is 2.16 bits per heavy atom. The molecule has 2 rings (SSSR count). The molecular formula is C16H21NO2. The predicted octanol–water partition coefficient (Wildman–Crippen LogP) is 2.35. The van der Waals surface area contributed by atoms with Crippen LogP contribution in [-0.2, 0) is 16.0 Å². The largest absolute Gasteiger partial charge is 0.342 e. The van der Waals surface area contributed by atoms with E-state index in [-0.39, 0.29) is 11.7 Å². The first-order valence-corrected chi connectivity index (χ1v) is 6.83. The van der Waals surface area contributed by atoms with Crippen LogP contribution in [0.1, 0.15) is 35.1 Å². The summed E-state index contributed by atoms with van der Waals surface area (Å²) >= 11 is 0. The van der Waals surface area contributed by atoms with Gasteiger partial charge in [0.1, 0.15) is 5.78 Å². The van der Waals surface area contributed by atoms with Crippen LogP contribution in [0.5, 0.6) is 0 Å². The highest BCUT2D eigenvalue weighted by Crippen LogP contribution is 2.18. The second kappa shape index (κ2) is 5.55. The van der Waals surface area contributed by atoms with Crippen LogP contribution >= 0.6 is 0 Å². The highest BCUT2D eigenvalue weighted by Gasteiger charge is 2.21. The molecule has 0 spiro atoms. The monoisotopic (exact) mass is 259 g/mol. The van der Waals surface area contributed by atoms with Crippen molar-refractivity contribution >= 4 is 11.7 Å². The molecule has 0 radical (unpaired) electrons. The molecule has 0 saturated carbocycles. The van der Waals surface area contributed by atoms with Gasteiger partial charge in [-0.15, -0.1) is 0 Å². The molecule has 0 atom stereocenters. The smallest absolute Gasteiger partial charge is 0.227 e. The fourth-order valence-corrected chi connectivity index (χ4v) is 2.76. The van der Waals surface area contributed by atoms with Crippen LogP contribution in [0, 0.1) is 20.8 Å². The number of ketones is 1. The Bertz CT molecular complexity index is 486. The van der Waals surface area contributed by atoms with Crippen LogP contribution in [0.4, 0.5) is 0 Å². The van der Waals surface area contributed by atoms with Crippen molar-refractivity contribution < 1.29 is 9.59 Å². The third kappa shape index (κ3) is 3.22. The first kappa shape index (κ1) is 13.8. The summed E-state index contributed by atoms with van der Waals surface area (Å²) in [6.07, 6.45) is 1.47. The van der Waals surface area contributed by atoms with Crippen molar-refractivity contribution in [2.75, 3.05) is 13.1 Å². The summed E-state index contributed by atoms with van der Waals surface area (Å²) in [7, 11) is 0. The van der Waals surface area contributed by atoms with E-state index in [0.717, 1.165) is 5.56 Å². The highest BCUT2D eigenvalue weighted by molar-refractivity contribution is 5.84. The van der Waals surface area contributed by atoms with Crippen LogP contribution in [0.2, 0.25) is 0 Å². The highest BCUT2D eigenvalue weighted by atomic mass is 16.2. The Kier molecular flexibility index (Phi) is 4.03. The maximum absolute atomic E-state index is 12.3. The van der Waals surface area contributed by atoms with Crippen molar-refractivity contribution in [1.29, 1.82) is 0 Å². The quantitative estimate of drug-likeness (QED) is 0.817.